The fraction of sp³-hybridized carbons (Fsp3) is 0.632. The quantitative estimate of drug-likeness (QED) is 0.816. The molecule has 1 aliphatic heterocycles. The summed E-state index contributed by atoms with van der Waals surface area (Å²) < 4.78 is 5.80. The monoisotopic (exact) mass is 354 g/mol. The summed E-state index contributed by atoms with van der Waals surface area (Å²) in [4.78, 5) is 14.3. The lowest BCUT2D eigenvalue weighted by Gasteiger charge is -2.32. The van der Waals surface area contributed by atoms with Crippen LogP contribution in [0.5, 0.6) is 5.75 Å². The lowest BCUT2D eigenvalue weighted by atomic mass is 9.96. The van der Waals surface area contributed by atoms with Gasteiger partial charge < -0.3 is 15.0 Å². The first-order chi connectivity index (χ1) is 11.1. The molecule has 0 unspecified atom stereocenters. The Balaban J connectivity index is 0.00000288. The van der Waals surface area contributed by atoms with Gasteiger partial charge >= 0.3 is 0 Å². The fourth-order valence-electron chi connectivity index (χ4n) is 3.00. The minimum absolute atomic E-state index is 0. The Morgan fingerprint density at radius 2 is 2.00 bits per heavy atom. The molecular weight excluding hydrogens is 324 g/mol. The van der Waals surface area contributed by atoms with Crippen LogP contribution in [0.25, 0.3) is 0 Å². The molecule has 0 spiro atoms. The fourth-order valence-corrected chi connectivity index (χ4v) is 3.00. The van der Waals surface area contributed by atoms with Gasteiger partial charge in [0.25, 0.3) is 0 Å². The number of amides is 1. The van der Waals surface area contributed by atoms with Gasteiger partial charge in [0.15, 0.2) is 0 Å². The van der Waals surface area contributed by atoms with Crippen molar-refractivity contribution in [2.24, 2.45) is 5.92 Å². The van der Waals surface area contributed by atoms with E-state index < -0.39 is 0 Å². The van der Waals surface area contributed by atoms with E-state index in [-0.39, 0.29) is 18.3 Å². The molecule has 1 saturated heterocycles. The lowest BCUT2D eigenvalue weighted by Crippen LogP contribution is -2.41. The second-order valence-corrected chi connectivity index (χ2v) is 6.50. The number of hydrogen-bond acceptors (Lipinski definition) is 3. The van der Waals surface area contributed by atoms with Gasteiger partial charge in [-0.3, -0.25) is 4.79 Å². The van der Waals surface area contributed by atoms with Crippen LogP contribution in [0.4, 0.5) is 0 Å². The molecule has 0 saturated carbocycles. The minimum atomic E-state index is 0. The molecule has 5 heteroatoms. The van der Waals surface area contributed by atoms with Crippen LogP contribution in [0, 0.1) is 19.8 Å². The maximum atomic E-state index is 12.3. The predicted molar refractivity (Wildman–Crippen MR) is 101 cm³/mol. The van der Waals surface area contributed by atoms with Crippen LogP contribution in [0.1, 0.15) is 37.3 Å². The second-order valence-electron chi connectivity index (χ2n) is 6.50. The predicted octanol–water partition coefficient (Wildman–Crippen LogP) is 3.34. The van der Waals surface area contributed by atoms with Crippen molar-refractivity contribution in [2.75, 3.05) is 32.8 Å². The number of nitrogens with one attached hydrogen (secondary N) is 1. The number of likely N-dealkylation sites (tertiary alicyclic amines) is 1. The number of aryl methyl sites for hydroxylation is 2. The summed E-state index contributed by atoms with van der Waals surface area (Å²) in [6.07, 6.45) is 2.68. The first-order valence-electron chi connectivity index (χ1n) is 8.78. The second kappa shape index (κ2) is 10.6. The van der Waals surface area contributed by atoms with Gasteiger partial charge in [0, 0.05) is 13.1 Å². The zero-order valence-corrected chi connectivity index (χ0v) is 16.0. The zero-order chi connectivity index (χ0) is 16.7. The molecule has 4 nitrogen and oxygen atoms in total. The van der Waals surface area contributed by atoms with Crippen LogP contribution >= 0.6 is 12.4 Å². The Morgan fingerprint density at radius 1 is 1.29 bits per heavy atom. The van der Waals surface area contributed by atoms with E-state index in [2.05, 4.69) is 31.3 Å². The molecule has 0 aromatic heterocycles. The highest BCUT2D eigenvalue weighted by molar-refractivity contribution is 5.85. The Labute approximate surface area is 152 Å². The van der Waals surface area contributed by atoms with Crippen molar-refractivity contribution < 1.29 is 9.53 Å². The summed E-state index contributed by atoms with van der Waals surface area (Å²) in [5.74, 6) is 1.82. The third kappa shape index (κ3) is 6.33. The highest BCUT2D eigenvalue weighted by atomic mass is 35.5. The summed E-state index contributed by atoms with van der Waals surface area (Å²) in [6, 6.07) is 6.17. The molecule has 1 heterocycles. The van der Waals surface area contributed by atoms with Crippen LogP contribution in [-0.2, 0) is 4.79 Å². The van der Waals surface area contributed by atoms with Gasteiger partial charge in [-0.25, -0.2) is 0 Å². The maximum Gasteiger partial charge on any atom is 0.225 e. The van der Waals surface area contributed by atoms with E-state index in [4.69, 9.17) is 4.74 Å². The van der Waals surface area contributed by atoms with E-state index in [1.54, 1.807) is 0 Å². The summed E-state index contributed by atoms with van der Waals surface area (Å²) in [7, 11) is 0. The van der Waals surface area contributed by atoms with E-state index >= 15 is 0 Å². The summed E-state index contributed by atoms with van der Waals surface area (Å²) in [5, 5.41) is 3.40. The van der Waals surface area contributed by atoms with Gasteiger partial charge in [-0.05, 0) is 62.9 Å². The first kappa shape index (κ1) is 20.8. The Kier molecular flexibility index (Phi) is 9.16. The molecule has 1 N–H and O–H groups in total. The number of carbonyl (C=O) groups is 1. The highest BCUT2D eigenvalue weighted by Crippen LogP contribution is 2.20. The number of nitrogens with zero attached hydrogens (tertiary/aromatic N) is 1. The minimum Gasteiger partial charge on any atom is -0.493 e. The smallest absolute Gasteiger partial charge is 0.225 e. The molecule has 24 heavy (non-hydrogen) atoms. The summed E-state index contributed by atoms with van der Waals surface area (Å²) in [6.45, 7) is 10.6. The van der Waals surface area contributed by atoms with Gasteiger partial charge in [-0.2, -0.15) is 0 Å². The van der Waals surface area contributed by atoms with Crippen LogP contribution in [-0.4, -0.2) is 43.6 Å². The van der Waals surface area contributed by atoms with Gasteiger partial charge in [0.1, 0.15) is 5.75 Å². The standard InChI is InChI=1S/C19H30N2O2.ClH/c1-4-20-14-17-7-10-21(11-8-17)19(22)9-12-23-18-13-15(2)5-6-16(18)3;/h5-6,13,17,20H,4,7-12,14H2,1-3H3;1H. The van der Waals surface area contributed by atoms with Crippen LogP contribution in [0.3, 0.4) is 0 Å². The Bertz CT molecular complexity index is 514. The molecule has 0 bridgehead atoms. The number of rotatable bonds is 7. The largest absolute Gasteiger partial charge is 0.493 e. The zero-order valence-electron chi connectivity index (χ0n) is 15.1. The maximum absolute atomic E-state index is 12.3. The van der Waals surface area contributed by atoms with Gasteiger partial charge in [0.2, 0.25) is 5.91 Å². The van der Waals surface area contributed by atoms with E-state index in [0.29, 0.717) is 18.9 Å². The van der Waals surface area contributed by atoms with Gasteiger partial charge in [-0.15, -0.1) is 12.4 Å². The van der Waals surface area contributed by atoms with Crippen molar-refractivity contribution >= 4 is 18.3 Å². The van der Waals surface area contributed by atoms with E-state index in [0.717, 1.165) is 50.3 Å². The third-order valence-electron chi connectivity index (χ3n) is 4.57. The van der Waals surface area contributed by atoms with Gasteiger partial charge in [0.05, 0.1) is 13.0 Å². The van der Waals surface area contributed by atoms with Crippen molar-refractivity contribution in [3.63, 3.8) is 0 Å². The number of piperidine rings is 1. The molecule has 2 rings (SSSR count). The molecule has 1 aromatic rings. The van der Waals surface area contributed by atoms with Crippen molar-refractivity contribution in [2.45, 2.75) is 40.0 Å². The molecule has 1 amide bonds. The molecular formula is C19H31ClN2O2. The van der Waals surface area contributed by atoms with Gasteiger partial charge in [-0.1, -0.05) is 19.1 Å². The van der Waals surface area contributed by atoms with Crippen molar-refractivity contribution in [3.8, 4) is 5.75 Å². The molecule has 136 valence electrons. The van der Waals surface area contributed by atoms with Crippen LogP contribution in [0.15, 0.2) is 18.2 Å². The molecule has 1 aliphatic rings. The van der Waals surface area contributed by atoms with Crippen molar-refractivity contribution in [3.05, 3.63) is 29.3 Å². The molecule has 0 atom stereocenters. The average Bonchev–Trinajstić information content (AvgIpc) is 2.56. The third-order valence-corrected chi connectivity index (χ3v) is 4.57. The number of ether oxygens (including phenoxy) is 1. The number of benzene rings is 1. The summed E-state index contributed by atoms with van der Waals surface area (Å²) in [5.41, 5.74) is 2.30. The van der Waals surface area contributed by atoms with Crippen LogP contribution < -0.4 is 10.1 Å². The molecule has 0 radical (unpaired) electrons. The van der Waals surface area contributed by atoms with E-state index in [9.17, 15) is 4.79 Å². The topological polar surface area (TPSA) is 41.6 Å². The van der Waals surface area contributed by atoms with E-state index in [1.807, 2.05) is 17.9 Å². The summed E-state index contributed by atoms with van der Waals surface area (Å²) >= 11 is 0. The molecule has 1 fully saturated rings. The Morgan fingerprint density at radius 3 is 2.67 bits per heavy atom. The average molecular weight is 355 g/mol. The lowest BCUT2D eigenvalue weighted by molar-refractivity contribution is -0.133. The SMILES string of the molecule is CCNCC1CCN(C(=O)CCOc2cc(C)ccc2C)CC1.Cl. The Hall–Kier alpha value is -1.26. The van der Waals surface area contributed by atoms with E-state index in [1.165, 1.54) is 5.56 Å². The first-order valence-corrected chi connectivity index (χ1v) is 8.78. The van der Waals surface area contributed by atoms with Crippen molar-refractivity contribution in [1.29, 1.82) is 0 Å². The van der Waals surface area contributed by atoms with Crippen molar-refractivity contribution in [1.82, 2.24) is 10.2 Å². The van der Waals surface area contributed by atoms with Crippen LogP contribution in [0.2, 0.25) is 0 Å². The number of carbonyl (C=O) groups excluding carboxylic acids is 1. The highest BCUT2D eigenvalue weighted by Gasteiger charge is 2.22. The molecule has 1 aromatic carbocycles. The normalized spacial score (nSPS) is 15.0. The number of halogens is 1. The number of hydrogen-bond donors (Lipinski definition) is 1. The molecule has 0 aliphatic carbocycles.